The van der Waals surface area contributed by atoms with E-state index in [9.17, 15) is 4.79 Å². The molecule has 7 heteroatoms. The van der Waals surface area contributed by atoms with Gasteiger partial charge < -0.3 is 22.1 Å². The first-order valence-electron chi connectivity index (χ1n) is 7.64. The minimum atomic E-state index is -0.480. The molecule has 2 rings (SSSR count). The number of nitrogens with two attached hydrogens (primary N) is 2. The number of rotatable bonds is 6. The molecule has 0 radical (unpaired) electrons. The van der Waals surface area contributed by atoms with Gasteiger partial charge in [0.05, 0.1) is 0 Å². The van der Waals surface area contributed by atoms with Gasteiger partial charge in [0, 0.05) is 22.8 Å². The van der Waals surface area contributed by atoms with Crippen molar-refractivity contribution in [2.24, 2.45) is 16.5 Å². The number of benzene rings is 1. The van der Waals surface area contributed by atoms with Crippen molar-refractivity contribution in [1.29, 1.82) is 0 Å². The van der Waals surface area contributed by atoms with Crippen LogP contribution in [-0.2, 0) is 11.2 Å². The Morgan fingerprint density at radius 2 is 2.00 bits per heavy atom. The molecule has 0 saturated heterocycles. The zero-order chi connectivity index (χ0) is 17.7. The molecule has 0 saturated carbocycles. The Labute approximate surface area is 146 Å². The number of hydrogen-bond donors (Lipinski definition) is 4. The fourth-order valence-electron chi connectivity index (χ4n) is 2.52. The van der Waals surface area contributed by atoms with Crippen molar-refractivity contribution < 1.29 is 4.79 Å². The van der Waals surface area contributed by atoms with Crippen molar-refractivity contribution in [3.63, 3.8) is 0 Å². The van der Waals surface area contributed by atoms with Crippen molar-refractivity contribution in [3.8, 4) is 0 Å². The lowest BCUT2D eigenvalue weighted by molar-refractivity contribution is -0.113. The Morgan fingerprint density at radius 3 is 2.58 bits per heavy atom. The zero-order valence-corrected chi connectivity index (χ0v) is 14.5. The second-order valence-corrected chi connectivity index (χ2v) is 6.06. The van der Waals surface area contributed by atoms with Crippen molar-refractivity contribution in [3.05, 3.63) is 58.0 Å². The van der Waals surface area contributed by atoms with Crippen molar-refractivity contribution >= 4 is 23.3 Å². The van der Waals surface area contributed by atoms with Gasteiger partial charge in [-0.2, -0.15) is 0 Å². The summed E-state index contributed by atoms with van der Waals surface area (Å²) >= 11 is 5.88. The Hall–Kier alpha value is -2.47. The van der Waals surface area contributed by atoms with Crippen LogP contribution in [0, 0.1) is 0 Å². The topological polar surface area (TPSA) is 106 Å². The number of aliphatic imine (C=N–C) groups is 1. The molecule has 0 spiro atoms. The number of nitrogens with zero attached hydrogens (tertiary/aromatic N) is 1. The highest BCUT2D eigenvalue weighted by molar-refractivity contribution is 6.30. The van der Waals surface area contributed by atoms with Crippen LogP contribution in [-0.4, -0.2) is 24.3 Å². The maximum absolute atomic E-state index is 11.8. The van der Waals surface area contributed by atoms with E-state index in [0.29, 0.717) is 23.6 Å². The summed E-state index contributed by atoms with van der Waals surface area (Å²) < 4.78 is 0. The Kier molecular flexibility index (Phi) is 5.87. The number of hydrogen-bond acceptors (Lipinski definition) is 6. The summed E-state index contributed by atoms with van der Waals surface area (Å²) in [5.41, 5.74) is 13.7. The standard InChI is InChI=1S/C17H22ClN5O/c1-10(19)16(11(2)24)14-9-15(23-17(20)22-14)21-8-7-12-3-5-13(18)6-4-12/h3-6,9,14,21H,7-8,19H2,1-2H3,(H3,20,22,23). The largest absolute Gasteiger partial charge is 0.402 e. The number of carbonyl (C=O) groups is 1. The van der Waals surface area contributed by atoms with Crippen LogP contribution in [0.2, 0.25) is 5.02 Å². The van der Waals surface area contributed by atoms with Crippen LogP contribution in [0.5, 0.6) is 0 Å². The monoisotopic (exact) mass is 347 g/mol. The number of halogens is 1. The third kappa shape index (κ3) is 4.76. The summed E-state index contributed by atoms with van der Waals surface area (Å²) in [6.45, 7) is 3.86. The molecule has 6 nitrogen and oxygen atoms in total. The molecular formula is C17H22ClN5O. The number of allylic oxidation sites excluding steroid dienone is 1. The minimum Gasteiger partial charge on any atom is -0.402 e. The number of ketones is 1. The highest BCUT2D eigenvalue weighted by Crippen LogP contribution is 2.16. The van der Waals surface area contributed by atoms with Crippen LogP contribution in [0.3, 0.4) is 0 Å². The molecular weight excluding hydrogens is 326 g/mol. The lowest BCUT2D eigenvalue weighted by atomic mass is 10.0. The van der Waals surface area contributed by atoms with Gasteiger partial charge in [0.25, 0.3) is 0 Å². The molecule has 1 aromatic rings. The van der Waals surface area contributed by atoms with E-state index in [4.69, 9.17) is 23.1 Å². The van der Waals surface area contributed by atoms with Crippen LogP contribution in [0.25, 0.3) is 0 Å². The fraction of sp³-hybridized carbons (Fsp3) is 0.294. The average Bonchev–Trinajstić information content (AvgIpc) is 2.48. The van der Waals surface area contributed by atoms with Crippen LogP contribution >= 0.6 is 11.6 Å². The molecule has 6 N–H and O–H groups in total. The van der Waals surface area contributed by atoms with Crippen LogP contribution < -0.4 is 22.1 Å². The lowest BCUT2D eigenvalue weighted by Crippen LogP contribution is -2.42. The van der Waals surface area contributed by atoms with E-state index in [0.717, 1.165) is 11.4 Å². The zero-order valence-electron chi connectivity index (χ0n) is 13.8. The Balaban J connectivity index is 2.03. The highest BCUT2D eigenvalue weighted by Gasteiger charge is 2.22. The molecule has 0 amide bonds. The second-order valence-electron chi connectivity index (χ2n) is 5.62. The van der Waals surface area contributed by atoms with Gasteiger partial charge in [-0.05, 0) is 44.0 Å². The maximum atomic E-state index is 11.8. The third-order valence-electron chi connectivity index (χ3n) is 3.61. The molecule has 1 unspecified atom stereocenters. The SMILES string of the molecule is CC(=O)C(=C(C)N)C1C=C(NCCc2ccc(Cl)cc2)NC(N)=N1. The van der Waals surface area contributed by atoms with E-state index in [1.807, 2.05) is 30.3 Å². The molecule has 1 aliphatic heterocycles. The van der Waals surface area contributed by atoms with E-state index >= 15 is 0 Å². The fourth-order valence-corrected chi connectivity index (χ4v) is 2.65. The summed E-state index contributed by atoms with van der Waals surface area (Å²) in [4.78, 5) is 16.0. The highest BCUT2D eigenvalue weighted by atomic mass is 35.5. The van der Waals surface area contributed by atoms with Gasteiger partial charge in [-0.3, -0.25) is 4.79 Å². The van der Waals surface area contributed by atoms with Gasteiger partial charge in [0.1, 0.15) is 11.9 Å². The molecule has 128 valence electrons. The van der Waals surface area contributed by atoms with Crippen molar-refractivity contribution in [2.45, 2.75) is 26.3 Å². The molecule has 1 heterocycles. The summed E-state index contributed by atoms with van der Waals surface area (Å²) in [5.74, 6) is 0.841. The number of guanidine groups is 1. The third-order valence-corrected chi connectivity index (χ3v) is 3.86. The Morgan fingerprint density at radius 1 is 1.33 bits per heavy atom. The van der Waals surface area contributed by atoms with Crippen molar-refractivity contribution in [1.82, 2.24) is 10.6 Å². The van der Waals surface area contributed by atoms with Crippen LogP contribution in [0.1, 0.15) is 19.4 Å². The van der Waals surface area contributed by atoms with Gasteiger partial charge in [-0.25, -0.2) is 4.99 Å². The van der Waals surface area contributed by atoms with E-state index in [2.05, 4.69) is 15.6 Å². The average molecular weight is 348 g/mol. The molecule has 1 aromatic carbocycles. The smallest absolute Gasteiger partial charge is 0.195 e. The molecule has 1 aliphatic rings. The lowest BCUT2D eigenvalue weighted by Gasteiger charge is -2.22. The van der Waals surface area contributed by atoms with Gasteiger partial charge in [0.15, 0.2) is 11.7 Å². The first-order valence-corrected chi connectivity index (χ1v) is 8.02. The molecule has 0 bridgehead atoms. The second kappa shape index (κ2) is 7.88. The maximum Gasteiger partial charge on any atom is 0.195 e. The summed E-state index contributed by atoms with van der Waals surface area (Å²) in [7, 11) is 0. The number of carbonyl (C=O) groups excluding carboxylic acids is 1. The molecule has 0 aromatic heterocycles. The number of Topliss-reactive ketones (excluding diaryl/α,β-unsaturated/α-hetero) is 1. The molecule has 24 heavy (non-hydrogen) atoms. The van der Waals surface area contributed by atoms with Gasteiger partial charge in [0.2, 0.25) is 0 Å². The molecule has 0 fully saturated rings. The van der Waals surface area contributed by atoms with E-state index in [1.165, 1.54) is 12.5 Å². The van der Waals surface area contributed by atoms with Crippen LogP contribution in [0.15, 0.2) is 52.4 Å². The minimum absolute atomic E-state index is 0.116. The van der Waals surface area contributed by atoms with Gasteiger partial charge in [-0.1, -0.05) is 23.7 Å². The first-order chi connectivity index (χ1) is 11.4. The quantitative estimate of drug-likeness (QED) is 0.582. The molecule has 1 atom stereocenters. The van der Waals surface area contributed by atoms with Crippen LogP contribution in [0.4, 0.5) is 0 Å². The van der Waals surface area contributed by atoms with E-state index in [1.54, 1.807) is 6.92 Å². The van der Waals surface area contributed by atoms with E-state index < -0.39 is 6.04 Å². The normalized spacial score (nSPS) is 18.0. The summed E-state index contributed by atoms with van der Waals surface area (Å²) in [6.07, 6.45) is 2.63. The first kappa shape index (κ1) is 17.9. The molecule has 0 aliphatic carbocycles. The predicted molar refractivity (Wildman–Crippen MR) is 97.4 cm³/mol. The Bertz CT molecular complexity index is 702. The van der Waals surface area contributed by atoms with Crippen molar-refractivity contribution in [2.75, 3.05) is 6.54 Å². The summed E-state index contributed by atoms with van der Waals surface area (Å²) in [5, 5.41) is 6.93. The van der Waals surface area contributed by atoms with Gasteiger partial charge in [-0.15, -0.1) is 0 Å². The number of nitrogens with one attached hydrogen (secondary N) is 2. The summed E-state index contributed by atoms with van der Waals surface area (Å²) in [6, 6.07) is 7.22. The van der Waals surface area contributed by atoms with Gasteiger partial charge >= 0.3 is 0 Å². The predicted octanol–water partition coefficient (Wildman–Crippen LogP) is 1.42. The van der Waals surface area contributed by atoms with E-state index in [-0.39, 0.29) is 11.7 Å².